The normalized spacial score (nSPS) is 38.7. The summed E-state index contributed by atoms with van der Waals surface area (Å²) in [4.78, 5) is 12.0. The van der Waals surface area contributed by atoms with Crippen LogP contribution in [0, 0.1) is 22.7 Å². The summed E-state index contributed by atoms with van der Waals surface area (Å²) in [6, 6.07) is 0. The van der Waals surface area contributed by atoms with Crippen LogP contribution in [-0.2, 0) is 9.53 Å². The minimum absolute atomic E-state index is 0.0602. The van der Waals surface area contributed by atoms with Gasteiger partial charge in [0, 0.05) is 5.41 Å². The highest BCUT2D eigenvalue weighted by Gasteiger charge is 2.62. The van der Waals surface area contributed by atoms with Crippen LogP contribution in [-0.4, -0.2) is 18.6 Å². The largest absolute Gasteiger partial charge is 0.462 e. The highest BCUT2D eigenvalue weighted by molar-refractivity contribution is 5.72. The SMILES string of the molecule is CC(CCN)C(=O)OC1CC2CCC1(C)C2(C)C. The number of esters is 1. The van der Waals surface area contributed by atoms with Crippen LogP contribution < -0.4 is 5.73 Å². The van der Waals surface area contributed by atoms with E-state index >= 15 is 0 Å². The van der Waals surface area contributed by atoms with Crippen molar-refractivity contribution in [2.75, 3.05) is 6.54 Å². The molecule has 2 fully saturated rings. The standard InChI is InChI=1S/C15H27NO2/c1-10(6-8-16)13(17)18-12-9-11-5-7-15(12,4)14(11,2)3/h10-12H,5-9,16H2,1-4H3. The van der Waals surface area contributed by atoms with E-state index in [0.717, 1.165) is 12.8 Å². The molecule has 4 unspecified atom stereocenters. The second-order valence-electron chi connectivity index (χ2n) is 7.01. The average molecular weight is 253 g/mol. The van der Waals surface area contributed by atoms with Crippen LogP contribution in [0.4, 0.5) is 0 Å². The molecular formula is C15H27NO2. The molecule has 0 spiro atoms. The second-order valence-corrected chi connectivity index (χ2v) is 7.01. The summed E-state index contributed by atoms with van der Waals surface area (Å²) in [6.45, 7) is 9.43. The van der Waals surface area contributed by atoms with Gasteiger partial charge >= 0.3 is 5.97 Å². The van der Waals surface area contributed by atoms with Crippen LogP contribution in [0.2, 0.25) is 0 Å². The van der Waals surface area contributed by atoms with Crippen molar-refractivity contribution in [3.63, 3.8) is 0 Å². The molecule has 2 bridgehead atoms. The predicted octanol–water partition coefficient (Wildman–Crippen LogP) is 2.73. The quantitative estimate of drug-likeness (QED) is 0.784. The maximum Gasteiger partial charge on any atom is 0.308 e. The van der Waals surface area contributed by atoms with Crippen LogP contribution in [0.5, 0.6) is 0 Å². The number of fused-ring (bicyclic) bond motifs is 2. The van der Waals surface area contributed by atoms with Crippen molar-refractivity contribution in [3.8, 4) is 0 Å². The Morgan fingerprint density at radius 2 is 2.11 bits per heavy atom. The first-order valence-electron chi connectivity index (χ1n) is 7.23. The number of hydrogen-bond acceptors (Lipinski definition) is 3. The molecule has 0 heterocycles. The Hall–Kier alpha value is -0.570. The number of carbonyl (C=O) groups excluding carboxylic acids is 1. The van der Waals surface area contributed by atoms with Gasteiger partial charge in [-0.05, 0) is 43.6 Å². The van der Waals surface area contributed by atoms with Gasteiger partial charge in [0.05, 0.1) is 5.92 Å². The molecule has 2 saturated carbocycles. The zero-order chi connectivity index (χ0) is 13.6. The van der Waals surface area contributed by atoms with E-state index in [1.54, 1.807) is 0 Å². The molecule has 0 aromatic heterocycles. The van der Waals surface area contributed by atoms with Gasteiger partial charge in [-0.3, -0.25) is 4.79 Å². The summed E-state index contributed by atoms with van der Waals surface area (Å²) < 4.78 is 5.80. The van der Waals surface area contributed by atoms with E-state index in [2.05, 4.69) is 20.8 Å². The molecule has 18 heavy (non-hydrogen) atoms. The van der Waals surface area contributed by atoms with E-state index in [1.165, 1.54) is 12.8 Å². The molecule has 2 aliphatic carbocycles. The molecule has 0 saturated heterocycles. The molecule has 0 amide bonds. The predicted molar refractivity (Wildman–Crippen MR) is 71.9 cm³/mol. The van der Waals surface area contributed by atoms with Crippen LogP contribution >= 0.6 is 0 Å². The first-order chi connectivity index (χ1) is 8.33. The molecule has 3 heteroatoms. The molecule has 2 rings (SSSR count). The lowest BCUT2D eigenvalue weighted by molar-refractivity contribution is -0.161. The first kappa shape index (κ1) is 13.9. The zero-order valence-corrected chi connectivity index (χ0v) is 12.2. The van der Waals surface area contributed by atoms with Gasteiger partial charge in [0.15, 0.2) is 0 Å². The van der Waals surface area contributed by atoms with Crippen molar-refractivity contribution in [2.45, 2.75) is 59.5 Å². The molecule has 4 atom stereocenters. The third-order valence-corrected chi connectivity index (χ3v) is 5.97. The van der Waals surface area contributed by atoms with E-state index in [1.807, 2.05) is 6.92 Å². The lowest BCUT2D eigenvalue weighted by Gasteiger charge is -2.38. The lowest BCUT2D eigenvalue weighted by Crippen LogP contribution is -2.39. The number of hydrogen-bond donors (Lipinski definition) is 1. The van der Waals surface area contributed by atoms with Gasteiger partial charge in [-0.1, -0.05) is 27.7 Å². The molecule has 2 aliphatic rings. The summed E-state index contributed by atoms with van der Waals surface area (Å²) in [5.74, 6) is 0.584. The highest BCUT2D eigenvalue weighted by Crippen LogP contribution is 2.66. The molecular weight excluding hydrogens is 226 g/mol. The van der Waals surface area contributed by atoms with Crippen molar-refractivity contribution in [2.24, 2.45) is 28.4 Å². The fourth-order valence-corrected chi connectivity index (χ4v) is 3.93. The molecule has 0 aromatic carbocycles. The fraction of sp³-hybridized carbons (Fsp3) is 0.933. The summed E-state index contributed by atoms with van der Waals surface area (Å²) in [6.07, 6.45) is 4.35. The Kier molecular flexibility index (Phi) is 3.48. The average Bonchev–Trinajstić information content (AvgIpc) is 2.62. The molecule has 0 aliphatic heterocycles. The van der Waals surface area contributed by atoms with E-state index in [4.69, 9.17) is 10.5 Å². The summed E-state index contributed by atoms with van der Waals surface area (Å²) >= 11 is 0. The minimum Gasteiger partial charge on any atom is -0.462 e. The summed E-state index contributed by atoms with van der Waals surface area (Å²) in [7, 11) is 0. The van der Waals surface area contributed by atoms with Gasteiger partial charge < -0.3 is 10.5 Å². The third-order valence-electron chi connectivity index (χ3n) is 5.97. The van der Waals surface area contributed by atoms with E-state index in [9.17, 15) is 4.79 Å². The van der Waals surface area contributed by atoms with E-state index < -0.39 is 0 Å². The maximum atomic E-state index is 12.0. The fourth-order valence-electron chi connectivity index (χ4n) is 3.93. The second kappa shape index (κ2) is 4.52. The van der Waals surface area contributed by atoms with Crippen molar-refractivity contribution >= 4 is 5.97 Å². The Bertz CT molecular complexity index is 339. The Labute approximate surface area is 110 Å². The van der Waals surface area contributed by atoms with Gasteiger partial charge in [0.2, 0.25) is 0 Å². The van der Waals surface area contributed by atoms with Crippen molar-refractivity contribution in [1.82, 2.24) is 0 Å². The summed E-state index contributed by atoms with van der Waals surface area (Å²) in [5, 5.41) is 0. The van der Waals surface area contributed by atoms with Gasteiger partial charge in [0.1, 0.15) is 6.10 Å². The van der Waals surface area contributed by atoms with Gasteiger partial charge in [-0.2, -0.15) is 0 Å². The van der Waals surface area contributed by atoms with Crippen molar-refractivity contribution in [1.29, 1.82) is 0 Å². The zero-order valence-electron chi connectivity index (χ0n) is 12.2. The van der Waals surface area contributed by atoms with E-state index in [-0.39, 0.29) is 23.4 Å². The number of rotatable bonds is 4. The smallest absolute Gasteiger partial charge is 0.308 e. The maximum absolute atomic E-state index is 12.0. The van der Waals surface area contributed by atoms with Gasteiger partial charge in [-0.15, -0.1) is 0 Å². The van der Waals surface area contributed by atoms with Crippen LogP contribution in [0.25, 0.3) is 0 Å². The molecule has 0 aromatic rings. The monoisotopic (exact) mass is 253 g/mol. The number of carbonyl (C=O) groups is 1. The number of nitrogens with two attached hydrogens (primary N) is 1. The van der Waals surface area contributed by atoms with Gasteiger partial charge in [0.25, 0.3) is 0 Å². The molecule has 104 valence electrons. The van der Waals surface area contributed by atoms with Crippen molar-refractivity contribution < 1.29 is 9.53 Å². The van der Waals surface area contributed by atoms with Crippen LogP contribution in [0.1, 0.15) is 53.4 Å². The summed E-state index contributed by atoms with van der Waals surface area (Å²) in [5.41, 5.74) is 5.96. The minimum atomic E-state index is -0.0687. The van der Waals surface area contributed by atoms with Crippen molar-refractivity contribution in [3.05, 3.63) is 0 Å². The highest BCUT2D eigenvalue weighted by atomic mass is 16.5. The van der Waals surface area contributed by atoms with Gasteiger partial charge in [-0.25, -0.2) is 0 Å². The number of ether oxygens (including phenoxy) is 1. The Morgan fingerprint density at radius 1 is 1.44 bits per heavy atom. The topological polar surface area (TPSA) is 52.3 Å². The third kappa shape index (κ3) is 1.87. The first-order valence-corrected chi connectivity index (χ1v) is 7.23. The van der Waals surface area contributed by atoms with Crippen LogP contribution in [0.15, 0.2) is 0 Å². The Balaban J connectivity index is 2.03. The van der Waals surface area contributed by atoms with E-state index in [0.29, 0.717) is 17.9 Å². The molecule has 0 radical (unpaired) electrons. The lowest BCUT2D eigenvalue weighted by atomic mass is 9.70. The Morgan fingerprint density at radius 3 is 2.56 bits per heavy atom. The molecule has 3 nitrogen and oxygen atoms in total. The van der Waals surface area contributed by atoms with Crippen LogP contribution in [0.3, 0.4) is 0 Å². The molecule has 2 N–H and O–H groups in total.